The molecule has 1 unspecified atom stereocenters. The zero-order valence-corrected chi connectivity index (χ0v) is 20.4. The van der Waals surface area contributed by atoms with Crippen molar-refractivity contribution in [3.63, 3.8) is 0 Å². The van der Waals surface area contributed by atoms with Crippen molar-refractivity contribution in [2.75, 3.05) is 5.75 Å². The molecular weight excluding hydrogens is 416 g/mol. The molecule has 2 amide bonds. The maximum Gasteiger partial charge on any atom is 0.242 e. The number of amides is 2. The molecule has 0 radical (unpaired) electrons. The molecule has 0 heterocycles. The first-order chi connectivity index (χ1) is 15.4. The van der Waals surface area contributed by atoms with Crippen molar-refractivity contribution >= 4 is 23.6 Å². The van der Waals surface area contributed by atoms with E-state index in [9.17, 15) is 9.59 Å². The number of hydrogen-bond acceptors (Lipinski definition) is 3. The highest BCUT2D eigenvalue weighted by atomic mass is 32.2. The second kappa shape index (κ2) is 12.1. The fourth-order valence-electron chi connectivity index (χ4n) is 4.15. The van der Waals surface area contributed by atoms with Gasteiger partial charge in [-0.2, -0.15) is 0 Å². The van der Waals surface area contributed by atoms with E-state index in [0.29, 0.717) is 12.3 Å². The maximum atomic E-state index is 13.3. The molecule has 1 aliphatic rings. The standard InChI is InChI=1S/C27H36N2O2S/c1-20-13-15-23(16-14-20)18-32-19-26(30)29(17-24-10-8-7-9-21(24)2)22(3)27(31)28-25-11-5-4-6-12-25/h7-10,13-16,22,25H,4-6,11-12,17-19H2,1-3H3,(H,28,31). The number of benzene rings is 2. The molecule has 3 rings (SSSR count). The predicted octanol–water partition coefficient (Wildman–Crippen LogP) is 5.40. The van der Waals surface area contributed by atoms with Crippen LogP contribution < -0.4 is 5.32 Å². The number of carbonyl (C=O) groups is 2. The molecule has 5 heteroatoms. The summed E-state index contributed by atoms with van der Waals surface area (Å²) in [7, 11) is 0. The van der Waals surface area contributed by atoms with Crippen LogP contribution in [-0.4, -0.2) is 34.6 Å². The van der Waals surface area contributed by atoms with Gasteiger partial charge in [0.1, 0.15) is 6.04 Å². The van der Waals surface area contributed by atoms with E-state index in [1.807, 2.05) is 25.1 Å². The van der Waals surface area contributed by atoms with Crippen molar-refractivity contribution in [1.29, 1.82) is 0 Å². The first-order valence-electron chi connectivity index (χ1n) is 11.7. The topological polar surface area (TPSA) is 49.4 Å². The van der Waals surface area contributed by atoms with E-state index in [2.05, 4.69) is 49.5 Å². The van der Waals surface area contributed by atoms with Gasteiger partial charge >= 0.3 is 0 Å². The second-order valence-electron chi connectivity index (χ2n) is 8.95. The van der Waals surface area contributed by atoms with Crippen molar-refractivity contribution < 1.29 is 9.59 Å². The molecule has 4 nitrogen and oxygen atoms in total. The summed E-state index contributed by atoms with van der Waals surface area (Å²) >= 11 is 1.61. The minimum Gasteiger partial charge on any atom is -0.352 e. The van der Waals surface area contributed by atoms with Crippen molar-refractivity contribution in [2.24, 2.45) is 0 Å². The van der Waals surface area contributed by atoms with E-state index in [1.165, 1.54) is 30.4 Å². The first-order valence-corrected chi connectivity index (χ1v) is 12.9. The van der Waals surface area contributed by atoms with Crippen molar-refractivity contribution in [3.8, 4) is 0 Å². The summed E-state index contributed by atoms with van der Waals surface area (Å²) < 4.78 is 0. The molecule has 1 N–H and O–H groups in total. The van der Waals surface area contributed by atoms with Gasteiger partial charge in [-0.25, -0.2) is 0 Å². The minimum atomic E-state index is -0.496. The average Bonchev–Trinajstić information content (AvgIpc) is 2.80. The van der Waals surface area contributed by atoms with E-state index in [-0.39, 0.29) is 17.9 Å². The van der Waals surface area contributed by atoms with Gasteiger partial charge < -0.3 is 10.2 Å². The largest absolute Gasteiger partial charge is 0.352 e. The summed E-state index contributed by atoms with van der Waals surface area (Å²) in [6, 6.07) is 16.2. The number of aryl methyl sites for hydroxylation is 2. The molecule has 32 heavy (non-hydrogen) atoms. The van der Waals surface area contributed by atoms with E-state index in [0.717, 1.165) is 29.7 Å². The Bertz CT molecular complexity index is 891. The molecule has 1 atom stereocenters. The lowest BCUT2D eigenvalue weighted by Crippen LogP contribution is -2.50. The third-order valence-electron chi connectivity index (χ3n) is 6.34. The normalized spacial score (nSPS) is 15.2. The summed E-state index contributed by atoms with van der Waals surface area (Å²) in [5.41, 5.74) is 4.66. The van der Waals surface area contributed by atoms with Crippen molar-refractivity contribution in [1.82, 2.24) is 10.2 Å². The van der Waals surface area contributed by atoms with Crippen molar-refractivity contribution in [3.05, 3.63) is 70.8 Å². The van der Waals surface area contributed by atoms with Crippen LogP contribution in [0.4, 0.5) is 0 Å². The van der Waals surface area contributed by atoms with Gasteiger partial charge in [-0.15, -0.1) is 11.8 Å². The van der Waals surface area contributed by atoms with Crippen LogP contribution in [0.2, 0.25) is 0 Å². The highest BCUT2D eigenvalue weighted by molar-refractivity contribution is 7.99. The van der Waals surface area contributed by atoms with Gasteiger partial charge in [0.05, 0.1) is 5.75 Å². The van der Waals surface area contributed by atoms with E-state index in [1.54, 1.807) is 16.7 Å². The predicted molar refractivity (Wildman–Crippen MR) is 134 cm³/mol. The fourth-order valence-corrected chi connectivity index (χ4v) is 5.02. The quantitative estimate of drug-likeness (QED) is 0.554. The second-order valence-corrected chi connectivity index (χ2v) is 9.93. The molecule has 0 saturated heterocycles. The summed E-state index contributed by atoms with van der Waals surface area (Å²) in [6.07, 6.45) is 5.66. The molecule has 1 aliphatic carbocycles. The van der Waals surface area contributed by atoms with Gasteiger partial charge in [-0.05, 0) is 50.3 Å². The van der Waals surface area contributed by atoms with Gasteiger partial charge in [0.15, 0.2) is 0 Å². The number of hydrogen-bond donors (Lipinski definition) is 1. The van der Waals surface area contributed by atoms with Crippen LogP contribution in [0.25, 0.3) is 0 Å². The highest BCUT2D eigenvalue weighted by Gasteiger charge is 2.28. The summed E-state index contributed by atoms with van der Waals surface area (Å²) in [4.78, 5) is 28.1. The molecule has 0 aromatic heterocycles. The zero-order valence-electron chi connectivity index (χ0n) is 19.6. The van der Waals surface area contributed by atoms with Crippen LogP contribution in [0.5, 0.6) is 0 Å². The van der Waals surface area contributed by atoms with Gasteiger partial charge in [-0.1, -0.05) is 73.4 Å². The minimum absolute atomic E-state index is 0.0108. The van der Waals surface area contributed by atoms with E-state index in [4.69, 9.17) is 0 Å². The molecular formula is C27H36N2O2S. The van der Waals surface area contributed by atoms with Gasteiger partial charge in [-0.3, -0.25) is 9.59 Å². The third-order valence-corrected chi connectivity index (χ3v) is 7.32. The third kappa shape index (κ3) is 7.13. The lowest BCUT2D eigenvalue weighted by Gasteiger charge is -2.31. The molecule has 172 valence electrons. The van der Waals surface area contributed by atoms with Crippen LogP contribution >= 0.6 is 11.8 Å². The van der Waals surface area contributed by atoms with Gasteiger partial charge in [0.25, 0.3) is 0 Å². The monoisotopic (exact) mass is 452 g/mol. The molecule has 2 aromatic carbocycles. The fraction of sp³-hybridized carbons (Fsp3) is 0.481. The summed E-state index contributed by atoms with van der Waals surface area (Å²) in [5, 5.41) is 3.20. The molecule has 0 bridgehead atoms. The molecule has 1 fully saturated rings. The van der Waals surface area contributed by atoms with Gasteiger partial charge in [0.2, 0.25) is 11.8 Å². The van der Waals surface area contributed by atoms with Crippen molar-refractivity contribution in [2.45, 2.75) is 77.3 Å². The zero-order chi connectivity index (χ0) is 22.9. The Morgan fingerprint density at radius 2 is 1.72 bits per heavy atom. The SMILES string of the molecule is Cc1ccc(CSCC(=O)N(Cc2ccccc2C)C(C)C(=O)NC2CCCCC2)cc1. The van der Waals surface area contributed by atoms with E-state index >= 15 is 0 Å². The molecule has 2 aromatic rings. The molecule has 0 aliphatic heterocycles. The number of carbonyl (C=O) groups excluding carboxylic acids is 2. The average molecular weight is 453 g/mol. The molecule has 0 spiro atoms. The van der Waals surface area contributed by atoms with Gasteiger partial charge in [0, 0.05) is 18.3 Å². The van der Waals surface area contributed by atoms with Crippen LogP contribution in [0.3, 0.4) is 0 Å². The highest BCUT2D eigenvalue weighted by Crippen LogP contribution is 2.20. The number of rotatable bonds is 9. The Morgan fingerprint density at radius 1 is 1.03 bits per heavy atom. The first kappa shape index (κ1) is 24.4. The summed E-state index contributed by atoms with van der Waals surface area (Å²) in [5.74, 6) is 1.12. The lowest BCUT2D eigenvalue weighted by molar-refractivity contribution is -0.139. The van der Waals surface area contributed by atoms with Crippen LogP contribution in [0.15, 0.2) is 48.5 Å². The Morgan fingerprint density at radius 3 is 2.41 bits per heavy atom. The Labute approximate surface area is 197 Å². The smallest absolute Gasteiger partial charge is 0.242 e. The van der Waals surface area contributed by atoms with Crippen LogP contribution in [0, 0.1) is 13.8 Å². The molecule has 1 saturated carbocycles. The summed E-state index contributed by atoms with van der Waals surface area (Å²) in [6.45, 7) is 6.44. The number of thioether (sulfide) groups is 1. The van der Waals surface area contributed by atoms with Crippen LogP contribution in [0.1, 0.15) is 61.3 Å². The van der Waals surface area contributed by atoms with Crippen LogP contribution in [-0.2, 0) is 21.9 Å². The lowest BCUT2D eigenvalue weighted by atomic mass is 9.95. The van der Waals surface area contributed by atoms with E-state index < -0.39 is 6.04 Å². The Hall–Kier alpha value is -2.27. The Kier molecular flexibility index (Phi) is 9.22. The number of nitrogens with zero attached hydrogens (tertiary/aromatic N) is 1. The number of nitrogens with one attached hydrogen (secondary N) is 1. The Balaban J connectivity index is 1.65. The maximum absolute atomic E-state index is 13.3.